The molecule has 5 aliphatic rings. The van der Waals surface area contributed by atoms with Crippen molar-refractivity contribution in [3.63, 3.8) is 0 Å². The van der Waals surface area contributed by atoms with E-state index in [4.69, 9.17) is 9.84 Å². The first-order valence-electron chi connectivity index (χ1n) is 15.0. The predicted molar refractivity (Wildman–Crippen MR) is 175 cm³/mol. The van der Waals surface area contributed by atoms with Gasteiger partial charge in [-0.1, -0.05) is 24.3 Å². The van der Waals surface area contributed by atoms with Gasteiger partial charge in [-0.15, -0.1) is 0 Å². The van der Waals surface area contributed by atoms with Crippen LogP contribution in [0.4, 0.5) is 10.5 Å². The molecule has 4 bridgehead atoms. The molecule has 4 amide bonds. The minimum atomic E-state index is -0.999. The standard InChI is InChI=1S/C35H30Br2N2O6/c36-28-13-20(14-29(37)30(28)45-18-19-1-3-24(4-2-19)33(42)43)12-27-31(40)38-34(44)39(32(27)41)26-7-5-25(6-8-26)35-15-21-9-22(16-35)11-23(10-21)17-35/h1-8,12-14,21-23H,9-11,15-18H2,(H,42,43)(H,38,40,44)/b27-12+. The van der Waals surface area contributed by atoms with E-state index < -0.39 is 23.8 Å². The molecule has 2 N–H and O–H groups in total. The lowest BCUT2D eigenvalue weighted by Gasteiger charge is -2.57. The van der Waals surface area contributed by atoms with Crippen LogP contribution in [0.25, 0.3) is 6.08 Å². The van der Waals surface area contributed by atoms with Gasteiger partial charge in [-0.25, -0.2) is 14.5 Å². The van der Waals surface area contributed by atoms with Gasteiger partial charge < -0.3 is 9.84 Å². The van der Waals surface area contributed by atoms with Gasteiger partial charge in [0.25, 0.3) is 11.8 Å². The van der Waals surface area contributed by atoms with Crippen LogP contribution in [0.1, 0.15) is 65.6 Å². The maximum Gasteiger partial charge on any atom is 0.335 e. The third-order valence-electron chi connectivity index (χ3n) is 9.79. The molecule has 0 unspecified atom stereocenters. The van der Waals surface area contributed by atoms with Crippen molar-refractivity contribution in [3.05, 3.63) is 97.4 Å². The molecule has 0 spiro atoms. The van der Waals surface area contributed by atoms with Crippen molar-refractivity contribution in [2.45, 2.75) is 50.5 Å². The van der Waals surface area contributed by atoms with E-state index in [2.05, 4.69) is 49.3 Å². The summed E-state index contributed by atoms with van der Waals surface area (Å²) in [6.45, 7) is 0.192. The number of carboxylic acids is 1. The van der Waals surface area contributed by atoms with Gasteiger partial charge in [-0.05, 0) is 153 Å². The monoisotopic (exact) mass is 732 g/mol. The fraction of sp³-hybridized carbons (Fsp3) is 0.314. The topological polar surface area (TPSA) is 113 Å². The molecule has 0 radical (unpaired) electrons. The zero-order chi connectivity index (χ0) is 31.5. The summed E-state index contributed by atoms with van der Waals surface area (Å²) < 4.78 is 7.10. The normalized spacial score (nSPS) is 26.4. The van der Waals surface area contributed by atoms with Crippen molar-refractivity contribution in [2.24, 2.45) is 17.8 Å². The zero-order valence-corrected chi connectivity index (χ0v) is 27.4. The molecule has 1 heterocycles. The van der Waals surface area contributed by atoms with E-state index in [1.54, 1.807) is 24.3 Å². The lowest BCUT2D eigenvalue weighted by Crippen LogP contribution is -2.54. The Balaban J connectivity index is 1.09. The second-order valence-electron chi connectivity index (χ2n) is 12.8. The summed E-state index contributed by atoms with van der Waals surface area (Å²) in [6, 6.07) is 16.8. The molecule has 8 nitrogen and oxygen atoms in total. The minimum absolute atomic E-state index is 0.161. The molecule has 4 aliphatic carbocycles. The van der Waals surface area contributed by atoms with Crippen molar-refractivity contribution in [1.82, 2.24) is 5.32 Å². The number of rotatable bonds is 7. The number of imide groups is 2. The van der Waals surface area contributed by atoms with Gasteiger partial charge in [0.1, 0.15) is 17.9 Å². The summed E-state index contributed by atoms with van der Waals surface area (Å²) in [5, 5.41) is 11.4. The van der Waals surface area contributed by atoms with E-state index >= 15 is 0 Å². The summed E-state index contributed by atoms with van der Waals surface area (Å²) in [5.74, 6) is 0.468. The molecule has 230 valence electrons. The summed E-state index contributed by atoms with van der Waals surface area (Å²) in [7, 11) is 0. The number of hydrogen-bond donors (Lipinski definition) is 2. The van der Waals surface area contributed by atoms with Gasteiger partial charge in [0.2, 0.25) is 0 Å². The molecule has 3 aromatic rings. The Morgan fingerprint density at radius 3 is 2.04 bits per heavy atom. The number of anilines is 1. The lowest BCUT2D eigenvalue weighted by molar-refractivity contribution is -0.122. The summed E-state index contributed by atoms with van der Waals surface area (Å²) >= 11 is 7.01. The first-order chi connectivity index (χ1) is 21.6. The van der Waals surface area contributed by atoms with Gasteiger partial charge in [0.15, 0.2) is 0 Å². The Labute approximate surface area is 277 Å². The molecular formula is C35H30Br2N2O6. The maximum atomic E-state index is 13.6. The lowest BCUT2D eigenvalue weighted by atomic mass is 9.48. The number of nitrogens with zero attached hydrogens (tertiary/aromatic N) is 1. The smallest absolute Gasteiger partial charge is 0.335 e. The fourth-order valence-corrected chi connectivity index (χ4v) is 9.64. The SMILES string of the molecule is O=C1NC(=O)N(c2ccc(C34CC5CC(CC(C5)C3)C4)cc2)C(=O)/C1=C/c1cc(Br)c(OCc2ccc(C(=O)O)cc2)c(Br)c1. The molecule has 1 saturated heterocycles. The van der Waals surface area contributed by atoms with Gasteiger partial charge in [-0.3, -0.25) is 14.9 Å². The fourth-order valence-electron chi connectivity index (χ4n) is 8.19. The van der Waals surface area contributed by atoms with Crippen LogP contribution in [0.15, 0.2) is 75.2 Å². The van der Waals surface area contributed by atoms with Crippen LogP contribution in [0, 0.1) is 17.8 Å². The second kappa shape index (κ2) is 11.6. The number of carbonyl (C=O) groups excluding carboxylic acids is 3. The van der Waals surface area contributed by atoms with E-state index in [0.29, 0.717) is 25.9 Å². The Hall–Kier alpha value is -3.76. The van der Waals surface area contributed by atoms with E-state index in [9.17, 15) is 19.2 Å². The van der Waals surface area contributed by atoms with Crippen molar-refractivity contribution in [1.29, 1.82) is 0 Å². The third-order valence-corrected chi connectivity index (χ3v) is 11.0. The molecule has 8 rings (SSSR count). The molecule has 45 heavy (non-hydrogen) atoms. The Morgan fingerprint density at radius 2 is 1.49 bits per heavy atom. The van der Waals surface area contributed by atoms with Gasteiger partial charge >= 0.3 is 12.0 Å². The number of carboxylic acid groups (broad SMARTS) is 1. The van der Waals surface area contributed by atoms with Crippen LogP contribution >= 0.6 is 31.9 Å². The Bertz CT molecular complexity index is 1710. The van der Waals surface area contributed by atoms with E-state index in [0.717, 1.165) is 28.2 Å². The first kappa shape index (κ1) is 29.9. The van der Waals surface area contributed by atoms with Crippen LogP contribution in [0.3, 0.4) is 0 Å². The number of halogens is 2. The number of hydrogen-bond acceptors (Lipinski definition) is 5. The zero-order valence-electron chi connectivity index (χ0n) is 24.2. The number of nitrogens with one attached hydrogen (secondary N) is 1. The second-order valence-corrected chi connectivity index (χ2v) is 14.5. The Kier molecular flexibility index (Phi) is 7.68. The molecule has 0 atom stereocenters. The highest BCUT2D eigenvalue weighted by atomic mass is 79.9. The summed E-state index contributed by atoms with van der Waals surface area (Å²) in [4.78, 5) is 51.5. The van der Waals surface area contributed by atoms with Gasteiger partial charge in [-0.2, -0.15) is 0 Å². The molecule has 5 fully saturated rings. The molecule has 10 heteroatoms. The largest absolute Gasteiger partial charge is 0.487 e. The molecular weight excluding hydrogens is 704 g/mol. The average Bonchev–Trinajstić information content (AvgIpc) is 2.98. The molecule has 1 aliphatic heterocycles. The van der Waals surface area contributed by atoms with E-state index in [-0.39, 0.29) is 23.2 Å². The van der Waals surface area contributed by atoms with Crippen molar-refractivity contribution in [2.75, 3.05) is 4.90 Å². The van der Waals surface area contributed by atoms with E-state index in [1.165, 1.54) is 62.3 Å². The number of amides is 4. The van der Waals surface area contributed by atoms with Crippen LogP contribution in [-0.2, 0) is 21.6 Å². The van der Waals surface area contributed by atoms with Crippen LogP contribution < -0.4 is 15.0 Å². The number of benzene rings is 3. The number of carbonyl (C=O) groups is 4. The predicted octanol–water partition coefficient (Wildman–Crippen LogP) is 7.62. The van der Waals surface area contributed by atoms with Gasteiger partial charge in [0.05, 0.1) is 20.2 Å². The number of urea groups is 1. The molecule has 0 aromatic heterocycles. The first-order valence-corrected chi connectivity index (χ1v) is 16.6. The van der Waals surface area contributed by atoms with Gasteiger partial charge in [0, 0.05) is 0 Å². The highest BCUT2D eigenvalue weighted by molar-refractivity contribution is 9.11. The molecule has 4 saturated carbocycles. The van der Waals surface area contributed by atoms with Crippen LogP contribution in [0.5, 0.6) is 5.75 Å². The van der Waals surface area contributed by atoms with Crippen molar-refractivity contribution < 1.29 is 29.0 Å². The van der Waals surface area contributed by atoms with Crippen LogP contribution in [0.2, 0.25) is 0 Å². The third kappa shape index (κ3) is 5.63. The highest BCUT2D eigenvalue weighted by Crippen LogP contribution is 2.60. The number of aromatic carboxylic acids is 1. The molecule has 3 aromatic carbocycles. The highest BCUT2D eigenvalue weighted by Gasteiger charge is 2.51. The van der Waals surface area contributed by atoms with Crippen LogP contribution in [-0.4, -0.2) is 28.9 Å². The number of ether oxygens (including phenoxy) is 1. The van der Waals surface area contributed by atoms with E-state index in [1.807, 2.05) is 12.1 Å². The maximum absolute atomic E-state index is 13.6. The minimum Gasteiger partial charge on any atom is -0.487 e. The quantitative estimate of drug-likeness (QED) is 0.191. The average molecular weight is 734 g/mol. The summed E-state index contributed by atoms with van der Waals surface area (Å²) in [5.41, 5.74) is 3.26. The Morgan fingerprint density at radius 1 is 0.911 bits per heavy atom. The number of barbiturate groups is 1. The van der Waals surface area contributed by atoms with Crippen molar-refractivity contribution >= 4 is 67.4 Å². The summed E-state index contributed by atoms with van der Waals surface area (Å²) in [6.07, 6.45) is 9.18. The van der Waals surface area contributed by atoms with Crippen molar-refractivity contribution in [3.8, 4) is 5.75 Å².